The Labute approximate surface area is 114 Å². The Kier molecular flexibility index (Phi) is 3.71. The first kappa shape index (κ1) is 13.1. The topological polar surface area (TPSA) is 57.6 Å². The van der Waals surface area contributed by atoms with E-state index in [0.29, 0.717) is 18.7 Å². The van der Waals surface area contributed by atoms with Crippen molar-refractivity contribution in [2.45, 2.75) is 6.92 Å². The molecular weight excluding hydrogens is 298 g/mol. The highest BCUT2D eigenvalue weighted by Crippen LogP contribution is 2.25. The smallest absolute Gasteiger partial charge is 0.308 e. The first-order chi connectivity index (χ1) is 8.49. The predicted molar refractivity (Wildman–Crippen MR) is 70.3 cm³/mol. The van der Waals surface area contributed by atoms with Crippen LogP contribution in [-0.4, -0.2) is 35.0 Å². The van der Waals surface area contributed by atoms with Crippen molar-refractivity contribution in [3.63, 3.8) is 0 Å². The molecule has 2 unspecified atom stereocenters. The Hall–Kier alpha value is -1.36. The van der Waals surface area contributed by atoms with Gasteiger partial charge in [-0.15, -0.1) is 0 Å². The molecule has 1 fully saturated rings. The Morgan fingerprint density at radius 3 is 2.39 bits per heavy atom. The number of aliphatic carboxylic acids is 1. The average molecular weight is 312 g/mol. The zero-order valence-electron chi connectivity index (χ0n) is 9.97. The Balaban J connectivity index is 2.12. The Morgan fingerprint density at radius 1 is 1.28 bits per heavy atom. The molecule has 1 aliphatic rings. The first-order valence-electron chi connectivity index (χ1n) is 5.76. The number of halogens is 1. The van der Waals surface area contributed by atoms with Gasteiger partial charge in [-0.1, -0.05) is 22.9 Å². The van der Waals surface area contributed by atoms with Crippen LogP contribution in [0.4, 0.5) is 0 Å². The van der Waals surface area contributed by atoms with Crippen LogP contribution in [0, 0.1) is 11.8 Å². The van der Waals surface area contributed by atoms with Crippen LogP contribution < -0.4 is 0 Å². The van der Waals surface area contributed by atoms with Gasteiger partial charge in [0.05, 0.1) is 5.92 Å². The average Bonchev–Trinajstić information content (AvgIpc) is 2.71. The lowest BCUT2D eigenvalue weighted by Gasteiger charge is -2.15. The maximum Gasteiger partial charge on any atom is 0.308 e. The fourth-order valence-corrected chi connectivity index (χ4v) is 2.49. The van der Waals surface area contributed by atoms with Crippen LogP contribution in [0.5, 0.6) is 0 Å². The largest absolute Gasteiger partial charge is 0.481 e. The second-order valence-corrected chi connectivity index (χ2v) is 5.55. The molecule has 0 aliphatic carbocycles. The molecule has 2 rings (SSSR count). The van der Waals surface area contributed by atoms with E-state index in [1.54, 1.807) is 29.2 Å². The normalized spacial score (nSPS) is 23.1. The molecule has 0 aromatic heterocycles. The number of likely N-dealkylation sites (tertiary alicyclic amines) is 1. The van der Waals surface area contributed by atoms with Gasteiger partial charge in [0.25, 0.3) is 5.91 Å². The third-order valence-electron chi connectivity index (χ3n) is 3.31. The summed E-state index contributed by atoms with van der Waals surface area (Å²) in [6, 6.07) is 7.10. The van der Waals surface area contributed by atoms with Crippen LogP contribution in [0.15, 0.2) is 28.7 Å². The van der Waals surface area contributed by atoms with Crippen molar-refractivity contribution in [1.82, 2.24) is 4.90 Å². The second kappa shape index (κ2) is 5.10. The van der Waals surface area contributed by atoms with Gasteiger partial charge in [-0.3, -0.25) is 9.59 Å². The van der Waals surface area contributed by atoms with Crippen LogP contribution in [0.25, 0.3) is 0 Å². The summed E-state index contributed by atoms with van der Waals surface area (Å²) in [5.74, 6) is -1.38. The quantitative estimate of drug-likeness (QED) is 0.911. The summed E-state index contributed by atoms with van der Waals surface area (Å²) in [6.45, 7) is 2.67. The van der Waals surface area contributed by atoms with E-state index in [-0.39, 0.29) is 11.8 Å². The minimum absolute atomic E-state index is 0.00176. The second-order valence-electron chi connectivity index (χ2n) is 4.64. The van der Waals surface area contributed by atoms with E-state index in [1.807, 2.05) is 6.92 Å². The molecule has 0 radical (unpaired) electrons. The van der Waals surface area contributed by atoms with Crippen LogP contribution in [0.3, 0.4) is 0 Å². The maximum absolute atomic E-state index is 12.2. The van der Waals surface area contributed by atoms with Gasteiger partial charge in [-0.25, -0.2) is 0 Å². The van der Waals surface area contributed by atoms with Gasteiger partial charge in [0.2, 0.25) is 0 Å². The van der Waals surface area contributed by atoms with Gasteiger partial charge < -0.3 is 10.0 Å². The predicted octanol–water partition coefficient (Wildman–Crippen LogP) is 2.24. The molecule has 5 heteroatoms. The Morgan fingerprint density at radius 2 is 1.89 bits per heavy atom. The lowest BCUT2D eigenvalue weighted by Crippen LogP contribution is -2.29. The summed E-state index contributed by atoms with van der Waals surface area (Å²) in [4.78, 5) is 24.8. The monoisotopic (exact) mass is 311 g/mol. The van der Waals surface area contributed by atoms with Crippen molar-refractivity contribution in [2.24, 2.45) is 11.8 Å². The molecule has 1 heterocycles. The molecular formula is C13H14BrNO3. The van der Waals surface area contributed by atoms with E-state index in [4.69, 9.17) is 5.11 Å². The minimum atomic E-state index is -0.825. The Bertz CT molecular complexity index is 472. The number of hydrogen-bond acceptors (Lipinski definition) is 2. The molecule has 18 heavy (non-hydrogen) atoms. The van der Waals surface area contributed by atoms with Crippen molar-refractivity contribution < 1.29 is 14.7 Å². The van der Waals surface area contributed by atoms with Crippen molar-refractivity contribution >= 4 is 27.8 Å². The van der Waals surface area contributed by atoms with Gasteiger partial charge in [-0.05, 0) is 30.2 Å². The van der Waals surface area contributed by atoms with Crippen LogP contribution in [0.1, 0.15) is 17.3 Å². The number of carbonyl (C=O) groups excluding carboxylic acids is 1. The molecule has 96 valence electrons. The molecule has 4 nitrogen and oxygen atoms in total. The molecule has 1 saturated heterocycles. The van der Waals surface area contributed by atoms with Gasteiger partial charge in [-0.2, -0.15) is 0 Å². The summed E-state index contributed by atoms with van der Waals surface area (Å²) in [5, 5.41) is 9.05. The van der Waals surface area contributed by atoms with Gasteiger partial charge in [0.1, 0.15) is 0 Å². The fraction of sp³-hybridized carbons (Fsp3) is 0.385. The standard InChI is InChI=1S/C13H14BrNO3/c1-8-6-15(7-11(8)13(17)18)12(16)9-2-4-10(14)5-3-9/h2-5,8,11H,6-7H2,1H3,(H,17,18). The van der Waals surface area contributed by atoms with E-state index in [1.165, 1.54) is 0 Å². The molecule has 1 aliphatic heterocycles. The number of hydrogen-bond donors (Lipinski definition) is 1. The zero-order valence-corrected chi connectivity index (χ0v) is 11.6. The molecule has 1 aromatic rings. The van der Waals surface area contributed by atoms with E-state index in [2.05, 4.69) is 15.9 Å². The SMILES string of the molecule is CC1CN(C(=O)c2ccc(Br)cc2)CC1C(=O)O. The zero-order chi connectivity index (χ0) is 13.3. The minimum Gasteiger partial charge on any atom is -0.481 e. The van der Waals surface area contributed by atoms with E-state index in [0.717, 1.165) is 4.47 Å². The van der Waals surface area contributed by atoms with Crippen molar-refractivity contribution in [1.29, 1.82) is 0 Å². The maximum atomic E-state index is 12.2. The number of nitrogens with zero attached hydrogens (tertiary/aromatic N) is 1. The van der Waals surface area contributed by atoms with Gasteiger partial charge >= 0.3 is 5.97 Å². The van der Waals surface area contributed by atoms with Crippen LogP contribution in [-0.2, 0) is 4.79 Å². The van der Waals surface area contributed by atoms with Crippen molar-refractivity contribution in [3.8, 4) is 0 Å². The summed E-state index contributed by atoms with van der Waals surface area (Å²) in [7, 11) is 0. The highest BCUT2D eigenvalue weighted by Gasteiger charge is 2.37. The lowest BCUT2D eigenvalue weighted by atomic mass is 9.99. The summed E-state index contributed by atoms with van der Waals surface area (Å²) >= 11 is 3.31. The van der Waals surface area contributed by atoms with E-state index >= 15 is 0 Å². The summed E-state index contributed by atoms with van der Waals surface area (Å²) in [6.07, 6.45) is 0. The molecule has 1 amide bonds. The van der Waals surface area contributed by atoms with Gasteiger partial charge in [0.15, 0.2) is 0 Å². The molecule has 0 bridgehead atoms. The number of carboxylic acid groups (broad SMARTS) is 1. The van der Waals surface area contributed by atoms with E-state index in [9.17, 15) is 9.59 Å². The summed E-state index contributed by atoms with van der Waals surface area (Å²) in [5.41, 5.74) is 0.594. The van der Waals surface area contributed by atoms with Crippen LogP contribution >= 0.6 is 15.9 Å². The lowest BCUT2D eigenvalue weighted by molar-refractivity contribution is -0.142. The summed E-state index contributed by atoms with van der Waals surface area (Å²) < 4.78 is 0.914. The molecule has 1 N–H and O–H groups in total. The van der Waals surface area contributed by atoms with Crippen molar-refractivity contribution in [3.05, 3.63) is 34.3 Å². The molecule has 2 atom stereocenters. The van der Waals surface area contributed by atoms with Crippen molar-refractivity contribution in [2.75, 3.05) is 13.1 Å². The fourth-order valence-electron chi connectivity index (χ4n) is 2.23. The molecule has 1 aromatic carbocycles. The van der Waals surface area contributed by atoms with Gasteiger partial charge in [0, 0.05) is 23.1 Å². The highest BCUT2D eigenvalue weighted by atomic mass is 79.9. The number of carboxylic acids is 1. The first-order valence-corrected chi connectivity index (χ1v) is 6.56. The molecule has 0 saturated carbocycles. The third-order valence-corrected chi connectivity index (χ3v) is 3.84. The third kappa shape index (κ3) is 2.56. The van der Waals surface area contributed by atoms with E-state index < -0.39 is 11.9 Å². The number of carbonyl (C=O) groups is 2. The number of benzene rings is 1. The van der Waals surface area contributed by atoms with Crippen LogP contribution in [0.2, 0.25) is 0 Å². The number of rotatable bonds is 2. The molecule has 0 spiro atoms. The highest BCUT2D eigenvalue weighted by molar-refractivity contribution is 9.10. The number of amides is 1.